The largest absolute Gasteiger partial charge is 0.416 e. The number of alkyl halides is 6. The van der Waals surface area contributed by atoms with E-state index < -0.39 is 41.8 Å². The van der Waals surface area contributed by atoms with E-state index in [2.05, 4.69) is 9.97 Å². The number of hydrogen-bond acceptors (Lipinski definition) is 3. The summed E-state index contributed by atoms with van der Waals surface area (Å²) in [5.41, 5.74) is -3.11. The van der Waals surface area contributed by atoms with Crippen LogP contribution >= 0.6 is 0 Å². The number of ether oxygens (including phenoxy) is 1. The summed E-state index contributed by atoms with van der Waals surface area (Å²) in [6, 6.07) is 1.32. The zero-order valence-electron chi connectivity index (χ0n) is 15.0. The van der Waals surface area contributed by atoms with Crippen molar-refractivity contribution in [2.45, 2.75) is 31.9 Å². The number of hydrogen-bond donors (Lipinski definition) is 1. The summed E-state index contributed by atoms with van der Waals surface area (Å²) in [4.78, 5) is 20.7. The molecule has 1 saturated heterocycles. The Balaban J connectivity index is 1.94. The second-order valence-electron chi connectivity index (χ2n) is 6.70. The van der Waals surface area contributed by atoms with Crippen LogP contribution in [-0.4, -0.2) is 34.0 Å². The van der Waals surface area contributed by atoms with E-state index in [0.29, 0.717) is 31.0 Å². The van der Waals surface area contributed by atoms with Crippen molar-refractivity contribution in [2.75, 3.05) is 13.2 Å². The van der Waals surface area contributed by atoms with Gasteiger partial charge in [-0.25, -0.2) is 4.98 Å². The fourth-order valence-electron chi connectivity index (χ4n) is 3.10. The number of H-pyrrole nitrogens is 1. The van der Waals surface area contributed by atoms with Crippen LogP contribution in [0.4, 0.5) is 26.3 Å². The molecule has 2 heterocycles. The molecule has 1 N–H and O–H groups in total. The van der Waals surface area contributed by atoms with Gasteiger partial charge in [0.25, 0.3) is 0 Å². The first-order valence-electron chi connectivity index (χ1n) is 8.67. The van der Waals surface area contributed by atoms with Gasteiger partial charge >= 0.3 is 12.4 Å². The van der Waals surface area contributed by atoms with E-state index in [0.717, 1.165) is 0 Å². The standard InChI is InChI=1S/C18H17F6N3O2/c19-17(20,21)13-5-11(6-14(7-13)18(22,23)24)8-27(9-15-25-2-3-26-15)16(28)12-1-4-29-10-12/h2-3,5-7,12H,1,4,8-10H2,(H,25,26). The van der Waals surface area contributed by atoms with Crippen LogP contribution in [0, 0.1) is 5.92 Å². The van der Waals surface area contributed by atoms with Gasteiger partial charge in [-0.2, -0.15) is 26.3 Å². The van der Waals surface area contributed by atoms with Crippen molar-refractivity contribution in [3.05, 3.63) is 53.1 Å². The molecule has 1 aliphatic heterocycles. The normalized spacial score (nSPS) is 17.5. The summed E-state index contributed by atoms with van der Waals surface area (Å²) in [5.74, 6) is -0.553. The number of amides is 1. The molecule has 0 spiro atoms. The minimum absolute atomic E-state index is 0.0625. The molecule has 1 unspecified atom stereocenters. The molecular formula is C18H17F6N3O2. The first kappa shape index (κ1) is 21.2. The van der Waals surface area contributed by atoms with Gasteiger partial charge in [0.05, 0.1) is 30.2 Å². The summed E-state index contributed by atoms with van der Waals surface area (Å²) in [5, 5.41) is 0. The zero-order chi connectivity index (χ0) is 21.2. The van der Waals surface area contributed by atoms with Crippen LogP contribution in [0.5, 0.6) is 0 Å². The van der Waals surface area contributed by atoms with E-state index in [1.165, 1.54) is 17.3 Å². The Kier molecular flexibility index (Phi) is 5.87. The average Bonchev–Trinajstić information content (AvgIpc) is 3.33. The summed E-state index contributed by atoms with van der Waals surface area (Å²) in [6.07, 6.45) is -6.54. The Morgan fingerprint density at radius 3 is 2.24 bits per heavy atom. The van der Waals surface area contributed by atoms with Crippen LogP contribution in [0.2, 0.25) is 0 Å². The lowest BCUT2D eigenvalue weighted by Crippen LogP contribution is -2.36. The maximum atomic E-state index is 13.1. The Morgan fingerprint density at radius 2 is 1.76 bits per heavy atom. The number of aromatic amines is 1. The second kappa shape index (κ2) is 8.05. The van der Waals surface area contributed by atoms with Crippen LogP contribution in [0.15, 0.2) is 30.6 Å². The molecule has 1 aromatic heterocycles. The number of halogens is 6. The molecule has 1 amide bonds. The average molecular weight is 421 g/mol. The predicted molar refractivity (Wildman–Crippen MR) is 88.2 cm³/mol. The third-order valence-corrected chi connectivity index (χ3v) is 4.51. The molecule has 29 heavy (non-hydrogen) atoms. The van der Waals surface area contributed by atoms with Gasteiger partial charge in [-0.1, -0.05) is 0 Å². The van der Waals surface area contributed by atoms with Crippen molar-refractivity contribution in [3.63, 3.8) is 0 Å². The van der Waals surface area contributed by atoms with Crippen LogP contribution in [0.1, 0.15) is 28.9 Å². The monoisotopic (exact) mass is 421 g/mol. The highest BCUT2D eigenvalue weighted by atomic mass is 19.4. The highest BCUT2D eigenvalue weighted by Gasteiger charge is 2.37. The van der Waals surface area contributed by atoms with Crippen molar-refractivity contribution < 1.29 is 35.9 Å². The molecular weight excluding hydrogens is 404 g/mol. The highest BCUT2D eigenvalue weighted by molar-refractivity contribution is 5.79. The minimum Gasteiger partial charge on any atom is -0.381 e. The van der Waals surface area contributed by atoms with Gasteiger partial charge in [-0.3, -0.25) is 4.79 Å². The van der Waals surface area contributed by atoms with Crippen molar-refractivity contribution in [1.82, 2.24) is 14.9 Å². The highest BCUT2D eigenvalue weighted by Crippen LogP contribution is 2.36. The maximum absolute atomic E-state index is 13.1. The third-order valence-electron chi connectivity index (χ3n) is 4.51. The van der Waals surface area contributed by atoms with E-state index in [4.69, 9.17) is 4.74 Å². The first-order valence-corrected chi connectivity index (χ1v) is 8.67. The van der Waals surface area contributed by atoms with E-state index in [-0.39, 0.29) is 24.8 Å². The first-order chi connectivity index (χ1) is 13.5. The molecule has 0 bridgehead atoms. The number of benzene rings is 1. The molecule has 1 atom stereocenters. The number of nitrogens with one attached hydrogen (secondary N) is 1. The van der Waals surface area contributed by atoms with Gasteiger partial charge < -0.3 is 14.6 Å². The Labute approximate surface area is 161 Å². The minimum atomic E-state index is -4.95. The van der Waals surface area contributed by atoms with Crippen LogP contribution in [0.25, 0.3) is 0 Å². The molecule has 11 heteroatoms. The van der Waals surface area contributed by atoms with Gasteiger partial charge in [-0.15, -0.1) is 0 Å². The number of carbonyl (C=O) groups is 1. The number of aromatic nitrogens is 2. The van der Waals surface area contributed by atoms with Crippen LogP contribution in [-0.2, 0) is 35.0 Å². The topological polar surface area (TPSA) is 58.2 Å². The number of carbonyl (C=O) groups excluding carboxylic acids is 1. The molecule has 0 radical (unpaired) electrons. The maximum Gasteiger partial charge on any atom is 0.416 e. The predicted octanol–water partition coefficient (Wildman–Crippen LogP) is 4.01. The Bertz CT molecular complexity index is 810. The number of nitrogens with zero attached hydrogens (tertiary/aromatic N) is 2. The molecule has 158 valence electrons. The molecule has 1 aliphatic rings. The van der Waals surface area contributed by atoms with Crippen molar-refractivity contribution in [3.8, 4) is 0 Å². The zero-order valence-corrected chi connectivity index (χ0v) is 15.0. The van der Waals surface area contributed by atoms with Crippen molar-refractivity contribution >= 4 is 5.91 Å². The lowest BCUT2D eigenvalue weighted by molar-refractivity contribution is -0.143. The molecule has 5 nitrogen and oxygen atoms in total. The van der Waals surface area contributed by atoms with E-state index in [1.807, 2.05) is 0 Å². The molecule has 1 fully saturated rings. The summed E-state index contributed by atoms with van der Waals surface area (Å²) in [6.45, 7) is 0.0135. The number of imidazole rings is 1. The van der Waals surface area contributed by atoms with Gasteiger partial charge in [-0.05, 0) is 30.2 Å². The van der Waals surface area contributed by atoms with E-state index in [1.54, 1.807) is 0 Å². The van der Waals surface area contributed by atoms with Crippen molar-refractivity contribution in [1.29, 1.82) is 0 Å². The fourth-order valence-corrected chi connectivity index (χ4v) is 3.10. The summed E-state index contributed by atoms with van der Waals surface area (Å²) < 4.78 is 83.8. The molecule has 0 aliphatic carbocycles. The second-order valence-corrected chi connectivity index (χ2v) is 6.70. The molecule has 3 rings (SSSR count). The van der Waals surface area contributed by atoms with Gasteiger partial charge in [0.2, 0.25) is 5.91 Å². The number of rotatable bonds is 5. The van der Waals surface area contributed by atoms with E-state index in [9.17, 15) is 31.1 Å². The van der Waals surface area contributed by atoms with Gasteiger partial charge in [0.1, 0.15) is 5.82 Å². The quantitative estimate of drug-likeness (QED) is 0.743. The van der Waals surface area contributed by atoms with Gasteiger partial charge in [0.15, 0.2) is 0 Å². The smallest absolute Gasteiger partial charge is 0.381 e. The third kappa shape index (κ3) is 5.28. The van der Waals surface area contributed by atoms with Crippen LogP contribution in [0.3, 0.4) is 0 Å². The summed E-state index contributed by atoms with van der Waals surface area (Å²) >= 11 is 0. The Hall–Kier alpha value is -2.56. The van der Waals surface area contributed by atoms with E-state index >= 15 is 0 Å². The summed E-state index contributed by atoms with van der Waals surface area (Å²) in [7, 11) is 0. The van der Waals surface area contributed by atoms with Crippen LogP contribution < -0.4 is 0 Å². The van der Waals surface area contributed by atoms with Gasteiger partial charge in [0, 0.05) is 25.5 Å². The molecule has 0 saturated carbocycles. The Morgan fingerprint density at radius 1 is 1.10 bits per heavy atom. The molecule has 2 aromatic rings. The SMILES string of the molecule is O=C(C1CCOC1)N(Cc1cc(C(F)(F)F)cc(C(F)(F)F)c1)Cc1ncc[nH]1. The molecule has 1 aromatic carbocycles. The van der Waals surface area contributed by atoms with Crippen molar-refractivity contribution in [2.24, 2.45) is 5.92 Å². The lowest BCUT2D eigenvalue weighted by Gasteiger charge is -2.25. The lowest BCUT2D eigenvalue weighted by atomic mass is 10.0. The fraction of sp³-hybridized carbons (Fsp3) is 0.444.